The molecule has 2 N–H and O–H groups in total. The normalized spacial score (nSPS) is 12.8. The highest BCUT2D eigenvalue weighted by Gasteiger charge is 2.45. The van der Waals surface area contributed by atoms with Crippen molar-refractivity contribution in [2.24, 2.45) is 0 Å². The topological polar surface area (TPSA) is 392 Å². The summed E-state index contributed by atoms with van der Waals surface area (Å²) in [7, 11) is -15.3. The molecule has 1 saturated heterocycles. The van der Waals surface area contributed by atoms with Gasteiger partial charge in [-0.3, -0.25) is 39.9 Å². The van der Waals surface area contributed by atoms with Crippen LogP contribution in [0.4, 0.5) is 4.79 Å². The van der Waals surface area contributed by atoms with Crippen LogP contribution in [0.25, 0.3) is 44.1 Å². The number of nitriles is 1. The highest BCUT2D eigenvalue weighted by molar-refractivity contribution is 9.08. The molecule has 43 heteroatoms. The molecular formula is C94H158BrClN10O25Si6. The van der Waals surface area contributed by atoms with Gasteiger partial charge < -0.3 is 114 Å². The van der Waals surface area contributed by atoms with Gasteiger partial charge in [0.2, 0.25) is 0 Å². The van der Waals surface area contributed by atoms with E-state index in [2.05, 4.69) is 65.9 Å². The molecule has 1 fully saturated rings. The van der Waals surface area contributed by atoms with Gasteiger partial charge in [0.1, 0.15) is 13.2 Å². The second kappa shape index (κ2) is 76.6. The third-order valence-electron chi connectivity index (χ3n) is 19.1. The molecule has 9 rings (SSSR count). The molecule has 0 saturated carbocycles. The second-order valence-corrected chi connectivity index (χ2v) is 46.7. The number of alkyl carbamates (subject to hydrolysis) is 1. The van der Waals surface area contributed by atoms with E-state index < -0.39 is 65.0 Å². The lowest BCUT2D eigenvalue weighted by molar-refractivity contribution is 0.0201. The smallest absolute Gasteiger partial charge is 0.445 e. The first-order chi connectivity index (χ1) is 66.6. The van der Waals surface area contributed by atoms with Gasteiger partial charge in [0.15, 0.2) is 0 Å². The lowest BCUT2D eigenvalue weighted by Gasteiger charge is -2.29. The van der Waals surface area contributed by atoms with E-state index in [-0.39, 0.29) is 13.2 Å². The summed E-state index contributed by atoms with van der Waals surface area (Å²) in [5.41, 5.74) is 11.1. The highest BCUT2D eigenvalue weighted by Crippen LogP contribution is 2.28. The highest BCUT2D eigenvalue weighted by atomic mass is 79.9. The summed E-state index contributed by atoms with van der Waals surface area (Å²) in [6.07, 6.45) is 19.1. The number of aromatic nitrogens is 8. The summed E-state index contributed by atoms with van der Waals surface area (Å²) in [5, 5.41) is 22.1. The number of halogens is 2. The van der Waals surface area contributed by atoms with E-state index in [1.807, 2.05) is 197 Å². The van der Waals surface area contributed by atoms with Crippen molar-refractivity contribution in [2.75, 3.05) is 158 Å². The third-order valence-corrected chi connectivity index (χ3v) is 38.8. The van der Waals surface area contributed by atoms with Crippen molar-refractivity contribution in [3.8, 4) is 6.26 Å². The molecule has 0 aliphatic carbocycles. The molecule has 4 aromatic heterocycles. The molecule has 35 nitrogen and oxygen atoms in total. The largest absolute Gasteiger partial charge is 0.501 e. The van der Waals surface area contributed by atoms with Gasteiger partial charge >= 0.3 is 58.9 Å². The number of fused-ring (bicyclic) bond motifs is 4. The van der Waals surface area contributed by atoms with Crippen molar-refractivity contribution in [2.45, 2.75) is 237 Å². The number of carbonyl (C=O) groups excluding carboxylic acids is 1. The molecule has 0 radical (unpaired) electrons. The zero-order chi connectivity index (χ0) is 100. The van der Waals surface area contributed by atoms with E-state index >= 15 is 0 Å². The molecule has 0 spiro atoms. The summed E-state index contributed by atoms with van der Waals surface area (Å²) < 4.78 is 130. The van der Waals surface area contributed by atoms with Gasteiger partial charge in [-0.25, -0.2) is 4.79 Å². The number of amides is 1. The van der Waals surface area contributed by atoms with Gasteiger partial charge in [-0.1, -0.05) is 40.2 Å². The maximum absolute atomic E-state index is 11.9. The van der Waals surface area contributed by atoms with E-state index in [4.69, 9.17) is 115 Å². The summed E-state index contributed by atoms with van der Waals surface area (Å²) in [4.78, 5) is 45.9. The molecule has 5 heterocycles. The first-order valence-corrected chi connectivity index (χ1v) is 61.6. The minimum Gasteiger partial charge on any atom is -0.445 e. The average Bonchev–Trinajstić information content (AvgIpc) is 1.82. The van der Waals surface area contributed by atoms with Crippen LogP contribution in [0, 0.1) is 11.5 Å². The van der Waals surface area contributed by atoms with Crippen molar-refractivity contribution in [3.05, 3.63) is 145 Å². The van der Waals surface area contributed by atoms with Crippen LogP contribution in [-0.4, -0.2) is 274 Å². The summed E-state index contributed by atoms with van der Waals surface area (Å²) in [6, 6.07) is 27.9. The van der Waals surface area contributed by atoms with Crippen LogP contribution < -0.4 is 5.32 Å². The quantitative estimate of drug-likeness (QED) is 0.0117. The zero-order valence-electron chi connectivity index (χ0n) is 84.5. The molecule has 2 atom stereocenters. The second-order valence-electron chi connectivity index (χ2n) is 29.3. The van der Waals surface area contributed by atoms with E-state index in [0.29, 0.717) is 201 Å². The number of rotatable bonds is 66. The Bertz CT molecular complexity index is 4340. The molecule has 2 unspecified atom stereocenters. The van der Waals surface area contributed by atoms with Crippen LogP contribution in [0.2, 0.25) is 36.3 Å². The van der Waals surface area contributed by atoms with Gasteiger partial charge in [-0.15, -0.1) is 11.6 Å². The number of carbonyl (C=O) groups is 1. The van der Waals surface area contributed by atoms with Crippen LogP contribution in [0.15, 0.2) is 122 Å². The van der Waals surface area contributed by atoms with Crippen molar-refractivity contribution >= 4 is 131 Å². The van der Waals surface area contributed by atoms with Crippen molar-refractivity contribution < 1.29 is 113 Å². The average molecular weight is 2110 g/mol. The van der Waals surface area contributed by atoms with Gasteiger partial charge in [0, 0.05) is 229 Å². The maximum atomic E-state index is 11.9. The Kier molecular flexibility index (Phi) is 70.0. The molecular weight excluding hydrogens is 1950 g/mol. The van der Waals surface area contributed by atoms with Crippen LogP contribution in [-0.2, 0) is 129 Å². The van der Waals surface area contributed by atoms with Crippen LogP contribution in [0.3, 0.4) is 0 Å². The number of aliphatic hydroxyl groups excluding tert-OH is 1. The number of nitrogens with one attached hydrogen (secondary N) is 1. The van der Waals surface area contributed by atoms with Crippen LogP contribution in [0.1, 0.15) is 185 Å². The fourth-order valence-electron chi connectivity index (χ4n) is 13.7. The SMILES string of the molecule is BrCc1ccc2nccnc2c1.CCO[Si](CCC(O)COCc1ccc2nccnc2c1)(OCC)OCC.CCO[Si](CCC1CO1)(OCC)OCC.CCO[Si](CCCCl)(OCC)OCC.CCO[Si](CCCNC(=O)OCc1ccc2nccnc2c1)(OCC)OCC.CCO[Si](CCCOC#N)(OCC)OCC.CCO[Si](CCCOCc1ccc2nccnc2c1)(OCC)OCC. The minimum absolute atomic E-state index is 0.174. The van der Waals surface area contributed by atoms with Crippen LogP contribution >= 0.6 is 27.5 Å². The fourth-order valence-corrected chi connectivity index (χ4v) is 30.1. The number of hydrogen-bond acceptors (Lipinski definition) is 34. The molecule has 4 aromatic carbocycles. The van der Waals surface area contributed by atoms with E-state index in [0.717, 1.165) is 110 Å². The van der Waals surface area contributed by atoms with E-state index in [1.54, 1.807) is 55.8 Å². The number of alkyl halides is 2. The number of ether oxygens (including phenoxy) is 5. The van der Waals surface area contributed by atoms with Crippen molar-refractivity contribution in [1.29, 1.82) is 5.26 Å². The standard InChI is InChI=1S/C19H29N3O5Si.C19H30N2O5Si.C18H28N2O4Si.C10H21NO4Si.C10H22O4Si.C9H7BrN2.C9H21ClO3Si/c1-4-25-28(26-5-2,27-6-3)13-7-10-22-19(23)24-15-16-8-9-17-18(14-16)21-12-11-20-17;1-4-24-27(25-5-2,26-6-3)12-9-17(22)15-23-14-16-7-8-18-19(13-16)21-11-10-20-18;1-4-22-25(23-5-2,24-6-3)13-7-12-21-15-16-8-9-17-18(14-16)20-11-10-19-17;1-4-13-16(14-5-2,15-6-3)9-7-8-12-10-11;1-4-12-15(13-5-2,14-6-3)8-7-10-9-11-10;10-6-7-1-2-8-9(5-7)12-4-3-11-8;1-4-11-14(12-5-2,13-6-3)9-7-8-10/h8-9,11-12,14H,4-7,10,13,15H2,1-3H3,(H,22,23);7-8,10-11,13,17,22H,4-6,9,12,14-15H2,1-3H3;8-11,14H,4-7,12-13,15H2,1-3H3;4-9H2,1-3H3;10H,4-9H2,1-3H3;1-5H,6H2;4-9H2,1-3H3. The Morgan fingerprint density at radius 2 is 0.672 bits per heavy atom. The number of nitrogens with zero attached hydrogens (tertiary/aromatic N) is 9. The lowest BCUT2D eigenvalue weighted by atomic mass is 10.2. The third kappa shape index (κ3) is 51.7. The van der Waals surface area contributed by atoms with Crippen molar-refractivity contribution in [1.82, 2.24) is 45.2 Å². The summed E-state index contributed by atoms with van der Waals surface area (Å²) in [5.74, 6) is 0.627. The van der Waals surface area contributed by atoms with E-state index in [1.165, 1.54) is 5.56 Å². The summed E-state index contributed by atoms with van der Waals surface area (Å²) >= 11 is 9.06. The fraction of sp³-hybridized carbons (Fsp3) is 0.638. The molecule has 0 bridgehead atoms. The van der Waals surface area contributed by atoms with Crippen LogP contribution in [0.5, 0.6) is 0 Å². The summed E-state index contributed by atoms with van der Waals surface area (Å²) in [6.45, 7) is 49.4. The van der Waals surface area contributed by atoms with Crippen molar-refractivity contribution in [3.63, 3.8) is 0 Å². The molecule has 137 heavy (non-hydrogen) atoms. The van der Waals surface area contributed by atoms with Gasteiger partial charge in [0.25, 0.3) is 6.26 Å². The van der Waals surface area contributed by atoms with Gasteiger partial charge in [-0.2, -0.15) is 5.26 Å². The lowest BCUT2D eigenvalue weighted by Crippen LogP contribution is -2.46. The van der Waals surface area contributed by atoms with Gasteiger partial charge in [0.05, 0.1) is 82.8 Å². The molecule has 1 amide bonds. The molecule has 1 aliphatic rings. The Morgan fingerprint density at radius 3 is 0.985 bits per heavy atom. The Balaban J connectivity index is 0.000000420. The predicted octanol–water partition coefficient (Wildman–Crippen LogP) is 18.8. The number of benzene rings is 4. The molecule has 772 valence electrons. The monoisotopic (exact) mass is 2110 g/mol. The molecule has 1 aliphatic heterocycles. The number of aliphatic hydroxyl groups is 1. The zero-order valence-corrected chi connectivity index (χ0v) is 92.9. The van der Waals surface area contributed by atoms with Gasteiger partial charge in [-0.05, 0) is 234 Å². The van der Waals surface area contributed by atoms with E-state index in [9.17, 15) is 9.90 Å². The predicted molar refractivity (Wildman–Crippen MR) is 547 cm³/mol. The molecule has 8 aromatic rings. The maximum Gasteiger partial charge on any atom is 0.501 e. The number of epoxide rings is 1. The Morgan fingerprint density at radius 1 is 0.394 bits per heavy atom. The minimum atomic E-state index is -2.72. The number of hydrogen-bond donors (Lipinski definition) is 2. The Labute approximate surface area is 834 Å². The Hall–Kier alpha value is -6.01. The first kappa shape index (κ1) is 125. The first-order valence-electron chi connectivity index (χ1n) is 48.4.